The number of piperazine rings is 1. The Hall–Kier alpha value is 0.300. The van der Waals surface area contributed by atoms with Crippen LogP contribution >= 0.6 is 48.0 Å². The van der Waals surface area contributed by atoms with Crippen LogP contribution in [0.15, 0.2) is 18.2 Å². The molecule has 0 bridgehead atoms. The van der Waals surface area contributed by atoms with Crippen molar-refractivity contribution < 1.29 is 0 Å². The Bertz CT molecular complexity index is 440. The van der Waals surface area contributed by atoms with Gasteiger partial charge in [-0.05, 0) is 23.1 Å². The number of hydrogen-bond acceptors (Lipinski definition) is 2. The summed E-state index contributed by atoms with van der Waals surface area (Å²) in [5.74, 6) is 0. The van der Waals surface area contributed by atoms with Gasteiger partial charge in [0, 0.05) is 32.2 Å². The van der Waals surface area contributed by atoms with E-state index in [9.17, 15) is 0 Å². The summed E-state index contributed by atoms with van der Waals surface area (Å²) < 4.78 is 0. The van der Waals surface area contributed by atoms with Gasteiger partial charge in [-0.1, -0.05) is 50.0 Å². The van der Waals surface area contributed by atoms with Crippen LogP contribution in [0.4, 0.5) is 0 Å². The summed E-state index contributed by atoms with van der Waals surface area (Å²) in [5, 5.41) is 4.67. The van der Waals surface area contributed by atoms with Crippen LogP contribution in [0.2, 0.25) is 10.0 Å². The zero-order valence-corrected chi connectivity index (χ0v) is 15.8. The lowest BCUT2D eigenvalue weighted by molar-refractivity contribution is 0.0862. The number of nitrogens with one attached hydrogen (secondary N) is 1. The Morgan fingerprint density at radius 2 is 1.62 bits per heavy atom. The third-order valence-corrected chi connectivity index (χ3v) is 4.34. The number of rotatable bonds is 2. The summed E-state index contributed by atoms with van der Waals surface area (Å²) in [4.78, 5) is 2.54. The van der Waals surface area contributed by atoms with Gasteiger partial charge < -0.3 is 5.32 Å². The van der Waals surface area contributed by atoms with Crippen molar-refractivity contribution in [2.24, 2.45) is 5.41 Å². The normalized spacial score (nSPS) is 17.6. The van der Waals surface area contributed by atoms with Crippen molar-refractivity contribution in [2.45, 2.75) is 26.8 Å². The summed E-state index contributed by atoms with van der Waals surface area (Å²) in [6, 6.07) is 6.39. The Morgan fingerprint density at radius 3 is 2.10 bits per heavy atom. The molecule has 2 rings (SSSR count). The SMILES string of the molecule is CC(C)(C)[C@@H](c1ccc(Cl)c(Cl)c1)N1CCNCC1.Cl.Cl. The minimum Gasteiger partial charge on any atom is -0.314 e. The Morgan fingerprint density at radius 1 is 1.05 bits per heavy atom. The maximum Gasteiger partial charge on any atom is 0.0595 e. The lowest BCUT2D eigenvalue weighted by atomic mass is 9.81. The predicted octanol–water partition coefficient (Wildman–Crippen LogP) is 4.83. The topological polar surface area (TPSA) is 15.3 Å². The molecule has 0 radical (unpaired) electrons. The molecule has 122 valence electrons. The summed E-state index contributed by atoms with van der Waals surface area (Å²) >= 11 is 12.2. The molecule has 0 spiro atoms. The van der Waals surface area contributed by atoms with E-state index in [-0.39, 0.29) is 30.2 Å². The van der Waals surface area contributed by atoms with E-state index in [1.54, 1.807) is 0 Å². The molecule has 1 fully saturated rings. The fourth-order valence-electron chi connectivity index (χ4n) is 2.88. The third kappa shape index (κ3) is 5.46. The van der Waals surface area contributed by atoms with Crippen LogP contribution in [-0.4, -0.2) is 31.1 Å². The minimum absolute atomic E-state index is 0. The second kappa shape index (κ2) is 8.81. The van der Waals surface area contributed by atoms with Gasteiger partial charge in [0.05, 0.1) is 10.0 Å². The molecule has 1 N–H and O–H groups in total. The molecule has 1 atom stereocenters. The molecule has 1 heterocycles. The highest BCUT2D eigenvalue weighted by molar-refractivity contribution is 6.42. The summed E-state index contributed by atoms with van der Waals surface area (Å²) in [5.41, 5.74) is 1.41. The van der Waals surface area contributed by atoms with Gasteiger partial charge in [-0.15, -0.1) is 24.8 Å². The number of nitrogens with zero attached hydrogens (tertiary/aromatic N) is 1. The van der Waals surface area contributed by atoms with Crippen molar-refractivity contribution in [1.82, 2.24) is 10.2 Å². The van der Waals surface area contributed by atoms with Gasteiger partial charge in [0.15, 0.2) is 0 Å². The van der Waals surface area contributed by atoms with Crippen LogP contribution in [0.1, 0.15) is 32.4 Å². The molecule has 2 nitrogen and oxygen atoms in total. The molecule has 1 aliphatic heterocycles. The maximum absolute atomic E-state index is 6.18. The van der Waals surface area contributed by atoms with E-state index in [2.05, 4.69) is 37.1 Å². The van der Waals surface area contributed by atoms with Crippen LogP contribution < -0.4 is 5.32 Å². The zero-order chi connectivity index (χ0) is 14.0. The van der Waals surface area contributed by atoms with Gasteiger partial charge in [0.25, 0.3) is 0 Å². The zero-order valence-electron chi connectivity index (χ0n) is 12.7. The maximum atomic E-state index is 6.18. The van der Waals surface area contributed by atoms with E-state index in [0.717, 1.165) is 26.2 Å². The standard InChI is InChI=1S/C15H22Cl2N2.2ClH/c1-15(2,3)14(19-8-6-18-7-9-19)11-4-5-12(16)13(17)10-11;;/h4-5,10,14,18H,6-9H2,1-3H3;2*1H/t14-;;/m1../s1. The van der Waals surface area contributed by atoms with E-state index >= 15 is 0 Å². The number of halogens is 4. The quantitative estimate of drug-likeness (QED) is 0.798. The number of benzene rings is 1. The van der Waals surface area contributed by atoms with Crippen LogP contribution in [-0.2, 0) is 0 Å². The van der Waals surface area contributed by atoms with Gasteiger partial charge in [-0.2, -0.15) is 0 Å². The molecule has 0 unspecified atom stereocenters. The molecular weight excluding hydrogens is 350 g/mol. The fourth-order valence-corrected chi connectivity index (χ4v) is 3.19. The van der Waals surface area contributed by atoms with Crippen molar-refractivity contribution in [2.75, 3.05) is 26.2 Å². The van der Waals surface area contributed by atoms with E-state index in [1.165, 1.54) is 5.56 Å². The first-order valence-electron chi connectivity index (χ1n) is 6.79. The second-order valence-corrected chi connectivity index (χ2v) is 7.04. The molecule has 1 aromatic rings. The molecule has 21 heavy (non-hydrogen) atoms. The van der Waals surface area contributed by atoms with Crippen molar-refractivity contribution in [3.63, 3.8) is 0 Å². The molecule has 1 aliphatic rings. The Labute approximate surface area is 150 Å². The fraction of sp³-hybridized carbons (Fsp3) is 0.600. The van der Waals surface area contributed by atoms with Crippen LogP contribution in [0.3, 0.4) is 0 Å². The van der Waals surface area contributed by atoms with Gasteiger partial charge >= 0.3 is 0 Å². The first-order chi connectivity index (χ1) is 8.89. The van der Waals surface area contributed by atoms with Crippen molar-refractivity contribution in [1.29, 1.82) is 0 Å². The average Bonchev–Trinajstić information content (AvgIpc) is 2.34. The third-order valence-electron chi connectivity index (χ3n) is 3.60. The highest BCUT2D eigenvalue weighted by atomic mass is 35.5. The van der Waals surface area contributed by atoms with Gasteiger partial charge in [-0.25, -0.2) is 0 Å². The van der Waals surface area contributed by atoms with E-state index in [4.69, 9.17) is 23.2 Å². The van der Waals surface area contributed by atoms with Crippen LogP contribution in [0.5, 0.6) is 0 Å². The summed E-state index contributed by atoms with van der Waals surface area (Å²) in [7, 11) is 0. The lowest BCUT2D eigenvalue weighted by Gasteiger charge is -2.42. The highest BCUT2D eigenvalue weighted by Crippen LogP contribution is 2.39. The second-order valence-electron chi connectivity index (χ2n) is 6.23. The van der Waals surface area contributed by atoms with E-state index in [0.29, 0.717) is 16.1 Å². The van der Waals surface area contributed by atoms with Crippen LogP contribution in [0.25, 0.3) is 0 Å². The van der Waals surface area contributed by atoms with E-state index < -0.39 is 0 Å². The Balaban J connectivity index is 0.00000200. The van der Waals surface area contributed by atoms with Crippen molar-refractivity contribution >= 4 is 48.0 Å². The minimum atomic E-state index is 0. The largest absolute Gasteiger partial charge is 0.314 e. The summed E-state index contributed by atoms with van der Waals surface area (Å²) in [6.45, 7) is 11.1. The predicted molar refractivity (Wildman–Crippen MR) is 97.6 cm³/mol. The molecule has 0 aliphatic carbocycles. The molecule has 1 saturated heterocycles. The van der Waals surface area contributed by atoms with Gasteiger partial charge in [-0.3, -0.25) is 4.90 Å². The van der Waals surface area contributed by atoms with E-state index in [1.807, 2.05) is 12.1 Å². The smallest absolute Gasteiger partial charge is 0.0595 e. The first-order valence-corrected chi connectivity index (χ1v) is 7.55. The lowest BCUT2D eigenvalue weighted by Crippen LogP contribution is -2.48. The molecule has 0 amide bonds. The molecule has 0 aromatic heterocycles. The molecular formula is C15H24Cl4N2. The van der Waals surface area contributed by atoms with Gasteiger partial charge in [0.1, 0.15) is 0 Å². The molecule has 0 saturated carbocycles. The first kappa shape index (κ1) is 21.3. The number of hydrogen-bond donors (Lipinski definition) is 1. The molecule has 6 heteroatoms. The monoisotopic (exact) mass is 372 g/mol. The van der Waals surface area contributed by atoms with Crippen LogP contribution in [0, 0.1) is 5.41 Å². The summed E-state index contributed by atoms with van der Waals surface area (Å²) in [6.07, 6.45) is 0. The average molecular weight is 374 g/mol. The van der Waals surface area contributed by atoms with Crippen molar-refractivity contribution in [3.05, 3.63) is 33.8 Å². The van der Waals surface area contributed by atoms with Crippen molar-refractivity contribution in [3.8, 4) is 0 Å². The Kier molecular flexibility index (Phi) is 8.93. The van der Waals surface area contributed by atoms with Gasteiger partial charge in [0.2, 0.25) is 0 Å². The highest BCUT2D eigenvalue weighted by Gasteiger charge is 2.32. The molecule has 1 aromatic carbocycles.